The summed E-state index contributed by atoms with van der Waals surface area (Å²) in [5.74, 6) is 0.436. The first-order chi connectivity index (χ1) is 9.65. The van der Waals surface area contributed by atoms with E-state index in [4.69, 9.17) is 0 Å². The lowest BCUT2D eigenvalue weighted by molar-refractivity contribution is -0.0854. The largest absolute Gasteiger partial charge is 0.388 e. The van der Waals surface area contributed by atoms with Crippen LogP contribution in [-0.4, -0.2) is 37.1 Å². The molecule has 1 aromatic carbocycles. The van der Waals surface area contributed by atoms with Crippen LogP contribution in [0, 0.1) is 0 Å². The van der Waals surface area contributed by atoms with Gasteiger partial charge in [0.2, 0.25) is 0 Å². The Morgan fingerprint density at radius 1 is 1.10 bits per heavy atom. The van der Waals surface area contributed by atoms with Crippen LogP contribution in [-0.2, 0) is 19.4 Å². The minimum atomic E-state index is -1.16. The maximum absolute atomic E-state index is 9.91. The number of rotatable bonds is 3. The lowest BCUT2D eigenvalue weighted by Crippen LogP contribution is -2.41. The highest BCUT2D eigenvalue weighted by atomic mass is 16.4. The van der Waals surface area contributed by atoms with Gasteiger partial charge < -0.3 is 19.9 Å². The van der Waals surface area contributed by atoms with Crippen molar-refractivity contribution in [2.24, 2.45) is 0 Å². The third-order valence-electron chi connectivity index (χ3n) is 3.74. The Balaban J connectivity index is 1.74. The molecule has 106 valence electrons. The monoisotopic (exact) mass is 274 g/mol. The van der Waals surface area contributed by atoms with Crippen LogP contribution >= 0.6 is 0 Å². The van der Waals surface area contributed by atoms with Crippen molar-refractivity contribution in [2.75, 3.05) is 0 Å². The van der Waals surface area contributed by atoms with Crippen molar-refractivity contribution in [2.45, 2.75) is 37.7 Å². The zero-order valence-corrected chi connectivity index (χ0v) is 11.1. The third-order valence-corrected chi connectivity index (χ3v) is 3.74. The molecule has 1 aliphatic rings. The molecule has 3 N–H and O–H groups in total. The Morgan fingerprint density at radius 2 is 1.85 bits per heavy atom. The molecule has 0 unspecified atom stereocenters. The van der Waals surface area contributed by atoms with Gasteiger partial charge in [0, 0.05) is 6.20 Å². The molecule has 2 heterocycles. The number of benzene rings is 1. The van der Waals surface area contributed by atoms with Gasteiger partial charge >= 0.3 is 0 Å². The van der Waals surface area contributed by atoms with E-state index < -0.39 is 18.3 Å². The van der Waals surface area contributed by atoms with E-state index in [-0.39, 0.29) is 6.54 Å². The predicted molar refractivity (Wildman–Crippen MR) is 73.1 cm³/mol. The highest BCUT2D eigenvalue weighted by Crippen LogP contribution is 2.25. The van der Waals surface area contributed by atoms with Gasteiger partial charge in [0.25, 0.3) is 0 Å². The van der Waals surface area contributed by atoms with E-state index in [1.165, 1.54) is 5.56 Å². The number of fused-ring (bicyclic) bond motifs is 1. The Hall–Kier alpha value is -1.69. The standard InChI is InChI=1S/C15H18N2O3/c18-12-9-17-8-11(16-15(17)14(20)13(12)19)7-6-10-4-2-1-3-5-10/h1-5,8,12-14,18-20H,6-7,9H2/t12-,13-,14+/m0/s1. The highest BCUT2D eigenvalue weighted by Gasteiger charge is 2.34. The maximum atomic E-state index is 9.91. The summed E-state index contributed by atoms with van der Waals surface area (Å²) < 4.78 is 1.72. The molecule has 20 heavy (non-hydrogen) atoms. The van der Waals surface area contributed by atoms with Gasteiger partial charge in [0.05, 0.1) is 12.2 Å². The van der Waals surface area contributed by atoms with Crippen molar-refractivity contribution in [1.82, 2.24) is 9.55 Å². The van der Waals surface area contributed by atoms with Crippen LogP contribution in [0.4, 0.5) is 0 Å². The summed E-state index contributed by atoms with van der Waals surface area (Å²) >= 11 is 0. The van der Waals surface area contributed by atoms with E-state index in [0.717, 1.165) is 18.5 Å². The molecule has 0 fully saturated rings. The number of aliphatic hydroxyl groups excluding tert-OH is 3. The summed E-state index contributed by atoms with van der Waals surface area (Å²) in [4.78, 5) is 4.37. The normalized spacial score (nSPS) is 25.4. The van der Waals surface area contributed by atoms with Gasteiger partial charge in [0.1, 0.15) is 24.1 Å². The van der Waals surface area contributed by atoms with Crippen molar-refractivity contribution in [1.29, 1.82) is 0 Å². The van der Waals surface area contributed by atoms with Crippen molar-refractivity contribution in [3.8, 4) is 0 Å². The molecule has 0 amide bonds. The molecular weight excluding hydrogens is 256 g/mol. The molecule has 3 rings (SSSR count). The fourth-order valence-corrected chi connectivity index (χ4v) is 2.58. The summed E-state index contributed by atoms with van der Waals surface area (Å²) in [6, 6.07) is 10.1. The molecule has 3 atom stereocenters. The quantitative estimate of drug-likeness (QED) is 0.759. The van der Waals surface area contributed by atoms with E-state index in [1.54, 1.807) is 4.57 Å². The van der Waals surface area contributed by atoms with E-state index >= 15 is 0 Å². The minimum Gasteiger partial charge on any atom is -0.388 e. The van der Waals surface area contributed by atoms with Crippen molar-refractivity contribution < 1.29 is 15.3 Å². The summed E-state index contributed by atoms with van der Waals surface area (Å²) in [5, 5.41) is 29.2. The summed E-state index contributed by atoms with van der Waals surface area (Å²) in [6.07, 6.45) is 0.252. The highest BCUT2D eigenvalue weighted by molar-refractivity contribution is 5.17. The average Bonchev–Trinajstić information content (AvgIpc) is 2.87. The second-order valence-corrected chi connectivity index (χ2v) is 5.23. The van der Waals surface area contributed by atoms with Gasteiger partial charge in [-0.05, 0) is 18.4 Å². The first-order valence-electron chi connectivity index (χ1n) is 6.79. The van der Waals surface area contributed by atoms with Crippen LogP contribution in [0.5, 0.6) is 0 Å². The molecule has 1 aromatic heterocycles. The van der Waals surface area contributed by atoms with E-state index in [1.807, 2.05) is 24.4 Å². The van der Waals surface area contributed by atoms with Gasteiger partial charge in [-0.25, -0.2) is 4.98 Å². The first-order valence-corrected chi connectivity index (χ1v) is 6.79. The smallest absolute Gasteiger partial charge is 0.140 e. The molecule has 2 aromatic rings. The topological polar surface area (TPSA) is 78.5 Å². The molecule has 0 saturated carbocycles. The Bertz CT molecular complexity index is 582. The molecule has 0 radical (unpaired) electrons. The Morgan fingerprint density at radius 3 is 2.60 bits per heavy atom. The molecule has 1 aliphatic heterocycles. The van der Waals surface area contributed by atoms with Crippen LogP contribution in [0.15, 0.2) is 36.5 Å². The SMILES string of the molecule is O[C@H]1[C@@H](O)Cn2cc(CCc3ccccc3)nc2[C@@H]1O. The van der Waals surface area contributed by atoms with E-state index in [2.05, 4.69) is 17.1 Å². The van der Waals surface area contributed by atoms with Gasteiger partial charge in [-0.3, -0.25) is 0 Å². The third kappa shape index (κ3) is 2.47. The first kappa shape index (κ1) is 13.3. The summed E-state index contributed by atoms with van der Waals surface area (Å²) in [5.41, 5.74) is 2.10. The van der Waals surface area contributed by atoms with Crippen LogP contribution in [0.2, 0.25) is 0 Å². The molecule has 5 heteroatoms. The van der Waals surface area contributed by atoms with Crippen LogP contribution in [0.3, 0.4) is 0 Å². The molecule has 0 saturated heterocycles. The van der Waals surface area contributed by atoms with Gasteiger partial charge in [0.15, 0.2) is 0 Å². The molecule has 5 nitrogen and oxygen atoms in total. The minimum absolute atomic E-state index is 0.270. The lowest BCUT2D eigenvalue weighted by atomic mass is 10.0. The number of aromatic nitrogens is 2. The van der Waals surface area contributed by atoms with Crippen molar-refractivity contribution >= 4 is 0 Å². The zero-order valence-electron chi connectivity index (χ0n) is 11.1. The van der Waals surface area contributed by atoms with Crippen LogP contribution in [0.1, 0.15) is 23.2 Å². The molecule has 0 spiro atoms. The van der Waals surface area contributed by atoms with Crippen molar-refractivity contribution in [3.63, 3.8) is 0 Å². The molecule has 0 bridgehead atoms. The van der Waals surface area contributed by atoms with Crippen LogP contribution < -0.4 is 0 Å². The molecular formula is C15H18N2O3. The lowest BCUT2D eigenvalue weighted by Gasteiger charge is -2.28. The Labute approximate surface area is 117 Å². The fraction of sp³-hybridized carbons (Fsp3) is 0.400. The summed E-state index contributed by atoms with van der Waals surface area (Å²) in [6.45, 7) is 0.270. The maximum Gasteiger partial charge on any atom is 0.140 e. The number of nitrogens with zero attached hydrogens (tertiary/aromatic N) is 2. The van der Waals surface area contributed by atoms with Gasteiger partial charge in [-0.15, -0.1) is 0 Å². The van der Waals surface area contributed by atoms with Crippen LogP contribution in [0.25, 0.3) is 0 Å². The van der Waals surface area contributed by atoms with Gasteiger partial charge in [-0.2, -0.15) is 0 Å². The second kappa shape index (κ2) is 5.36. The number of hydrogen-bond donors (Lipinski definition) is 3. The van der Waals surface area contributed by atoms with Crippen molar-refractivity contribution in [3.05, 3.63) is 53.6 Å². The summed E-state index contributed by atoms with van der Waals surface area (Å²) in [7, 11) is 0. The number of aryl methyl sites for hydroxylation is 2. The van der Waals surface area contributed by atoms with Gasteiger partial charge in [-0.1, -0.05) is 30.3 Å². The number of aliphatic hydroxyl groups is 3. The number of hydrogen-bond acceptors (Lipinski definition) is 4. The van der Waals surface area contributed by atoms with E-state index in [0.29, 0.717) is 5.82 Å². The Kier molecular flexibility index (Phi) is 3.56. The number of imidazole rings is 1. The average molecular weight is 274 g/mol. The fourth-order valence-electron chi connectivity index (χ4n) is 2.58. The molecule has 0 aliphatic carbocycles. The zero-order chi connectivity index (χ0) is 14.1. The second-order valence-electron chi connectivity index (χ2n) is 5.23. The predicted octanol–water partition coefficient (Wildman–Crippen LogP) is 0.437. The van der Waals surface area contributed by atoms with E-state index in [9.17, 15) is 15.3 Å².